The number of hydrogen-bond acceptors (Lipinski definition) is 5. The van der Waals surface area contributed by atoms with Gasteiger partial charge in [-0.1, -0.05) is 23.4 Å². The quantitative estimate of drug-likeness (QED) is 0.815. The van der Waals surface area contributed by atoms with Crippen molar-refractivity contribution >= 4 is 5.91 Å². The number of benzene rings is 1. The molecule has 1 aromatic heterocycles. The highest BCUT2D eigenvalue weighted by molar-refractivity contribution is 5.79. The molecule has 2 aliphatic rings. The largest absolute Gasteiger partial charge is 0.378 e. The molecule has 0 N–H and O–H groups in total. The van der Waals surface area contributed by atoms with Crippen LogP contribution in [0, 0.1) is 5.82 Å². The number of rotatable bonds is 4. The van der Waals surface area contributed by atoms with E-state index in [0.29, 0.717) is 38.4 Å². The van der Waals surface area contributed by atoms with E-state index < -0.39 is 0 Å². The Morgan fingerprint density at radius 1 is 1.33 bits per heavy atom. The Labute approximate surface area is 157 Å². The molecule has 0 aliphatic carbocycles. The van der Waals surface area contributed by atoms with Crippen LogP contribution < -0.4 is 0 Å². The van der Waals surface area contributed by atoms with Gasteiger partial charge in [0, 0.05) is 20.2 Å². The van der Waals surface area contributed by atoms with Crippen LogP contribution >= 0.6 is 0 Å². The SMILES string of the molecule is COCc1nnn2c1COC1(CCN(C(=O)Cc3ccccc3F)CC1)C2. The molecule has 4 rings (SSSR count). The zero-order chi connectivity index (χ0) is 18.9. The number of methoxy groups -OCH3 is 1. The van der Waals surface area contributed by atoms with Gasteiger partial charge in [-0.3, -0.25) is 4.79 Å². The zero-order valence-electron chi connectivity index (χ0n) is 15.4. The molecule has 27 heavy (non-hydrogen) atoms. The summed E-state index contributed by atoms with van der Waals surface area (Å²) in [6.45, 7) is 2.71. The van der Waals surface area contributed by atoms with Crippen molar-refractivity contribution < 1.29 is 18.7 Å². The molecular formula is C19H23FN4O3. The lowest BCUT2D eigenvalue weighted by Crippen LogP contribution is -2.52. The summed E-state index contributed by atoms with van der Waals surface area (Å²) in [5.41, 5.74) is 1.89. The lowest BCUT2D eigenvalue weighted by molar-refractivity contribution is -0.145. The maximum Gasteiger partial charge on any atom is 0.227 e. The van der Waals surface area contributed by atoms with Gasteiger partial charge in [0.05, 0.1) is 37.5 Å². The molecular weight excluding hydrogens is 351 g/mol. The van der Waals surface area contributed by atoms with Crippen LogP contribution in [-0.2, 0) is 40.4 Å². The molecule has 0 bridgehead atoms. The van der Waals surface area contributed by atoms with Gasteiger partial charge in [-0.05, 0) is 24.5 Å². The van der Waals surface area contributed by atoms with Gasteiger partial charge in [0.2, 0.25) is 5.91 Å². The summed E-state index contributed by atoms with van der Waals surface area (Å²) in [7, 11) is 1.63. The third kappa shape index (κ3) is 3.59. The van der Waals surface area contributed by atoms with E-state index in [2.05, 4.69) is 10.3 Å². The fraction of sp³-hybridized carbons (Fsp3) is 0.526. The second kappa shape index (κ2) is 7.36. The van der Waals surface area contributed by atoms with E-state index in [4.69, 9.17) is 9.47 Å². The van der Waals surface area contributed by atoms with E-state index in [-0.39, 0.29) is 23.7 Å². The van der Waals surface area contributed by atoms with Crippen LogP contribution in [0.15, 0.2) is 24.3 Å². The van der Waals surface area contributed by atoms with E-state index in [1.807, 2.05) is 4.68 Å². The van der Waals surface area contributed by atoms with Gasteiger partial charge >= 0.3 is 0 Å². The van der Waals surface area contributed by atoms with Gasteiger partial charge < -0.3 is 14.4 Å². The van der Waals surface area contributed by atoms with Gasteiger partial charge in [0.25, 0.3) is 0 Å². The molecule has 7 nitrogen and oxygen atoms in total. The predicted octanol–water partition coefficient (Wildman–Crippen LogP) is 1.70. The van der Waals surface area contributed by atoms with Crippen molar-refractivity contribution in [1.82, 2.24) is 19.9 Å². The Bertz CT molecular complexity index is 830. The Balaban J connectivity index is 1.37. The van der Waals surface area contributed by atoms with Crippen molar-refractivity contribution in [1.29, 1.82) is 0 Å². The van der Waals surface area contributed by atoms with Crippen LogP contribution in [0.4, 0.5) is 4.39 Å². The second-order valence-electron chi connectivity index (χ2n) is 7.19. The molecule has 1 saturated heterocycles. The number of carbonyl (C=O) groups excluding carboxylic acids is 1. The van der Waals surface area contributed by atoms with Crippen molar-refractivity contribution in [2.24, 2.45) is 0 Å². The summed E-state index contributed by atoms with van der Waals surface area (Å²) in [6, 6.07) is 6.43. The van der Waals surface area contributed by atoms with E-state index in [1.54, 1.807) is 30.2 Å². The van der Waals surface area contributed by atoms with Crippen molar-refractivity contribution in [3.05, 3.63) is 47.0 Å². The number of nitrogens with zero attached hydrogens (tertiary/aromatic N) is 4. The van der Waals surface area contributed by atoms with Crippen LogP contribution in [-0.4, -0.2) is 51.6 Å². The molecule has 1 amide bonds. The Kier molecular flexibility index (Phi) is 4.92. The standard InChI is InChI=1S/C19H23FN4O3/c1-26-11-16-17-12-27-19(13-24(17)22-21-16)6-8-23(9-7-19)18(25)10-14-4-2-3-5-15(14)20/h2-5H,6-13H2,1H3. The summed E-state index contributed by atoms with van der Waals surface area (Å²) in [4.78, 5) is 14.3. The minimum Gasteiger partial charge on any atom is -0.378 e. The molecule has 0 radical (unpaired) electrons. The van der Waals surface area contributed by atoms with Crippen molar-refractivity contribution in [2.45, 2.75) is 44.6 Å². The highest BCUT2D eigenvalue weighted by atomic mass is 19.1. The maximum atomic E-state index is 13.8. The lowest BCUT2D eigenvalue weighted by atomic mass is 9.89. The molecule has 8 heteroatoms. The van der Waals surface area contributed by atoms with Crippen LogP contribution in [0.5, 0.6) is 0 Å². The second-order valence-corrected chi connectivity index (χ2v) is 7.19. The highest BCUT2D eigenvalue weighted by Gasteiger charge is 2.41. The van der Waals surface area contributed by atoms with Crippen molar-refractivity contribution in [2.75, 3.05) is 20.2 Å². The smallest absolute Gasteiger partial charge is 0.227 e. The molecule has 2 aliphatic heterocycles. The first-order valence-electron chi connectivity index (χ1n) is 9.15. The Morgan fingerprint density at radius 3 is 2.85 bits per heavy atom. The number of hydrogen-bond donors (Lipinski definition) is 0. The molecule has 0 saturated carbocycles. The molecule has 3 heterocycles. The van der Waals surface area contributed by atoms with Crippen LogP contribution in [0.3, 0.4) is 0 Å². The summed E-state index contributed by atoms with van der Waals surface area (Å²) >= 11 is 0. The molecule has 0 unspecified atom stereocenters. The van der Waals surface area contributed by atoms with Gasteiger partial charge in [0.15, 0.2) is 0 Å². The molecule has 0 atom stereocenters. The summed E-state index contributed by atoms with van der Waals surface area (Å²) < 4.78 is 27.0. The minimum absolute atomic E-state index is 0.0467. The van der Waals surface area contributed by atoms with Gasteiger partial charge in [-0.15, -0.1) is 5.10 Å². The van der Waals surface area contributed by atoms with Crippen LogP contribution in [0.2, 0.25) is 0 Å². The fourth-order valence-electron chi connectivity index (χ4n) is 3.83. The normalized spacial score (nSPS) is 18.5. The number of halogens is 1. The number of likely N-dealkylation sites (tertiary alicyclic amines) is 1. The Morgan fingerprint density at radius 2 is 2.11 bits per heavy atom. The van der Waals surface area contributed by atoms with Crippen LogP contribution in [0.25, 0.3) is 0 Å². The van der Waals surface area contributed by atoms with E-state index in [1.165, 1.54) is 6.07 Å². The summed E-state index contributed by atoms with van der Waals surface area (Å²) in [5, 5.41) is 8.40. The van der Waals surface area contributed by atoms with Crippen molar-refractivity contribution in [3.8, 4) is 0 Å². The van der Waals surface area contributed by atoms with Gasteiger partial charge in [-0.25, -0.2) is 9.07 Å². The van der Waals surface area contributed by atoms with Gasteiger partial charge in [-0.2, -0.15) is 0 Å². The minimum atomic E-state index is -0.333. The van der Waals surface area contributed by atoms with Crippen molar-refractivity contribution in [3.63, 3.8) is 0 Å². The molecule has 1 spiro atoms. The first-order valence-corrected chi connectivity index (χ1v) is 9.15. The predicted molar refractivity (Wildman–Crippen MR) is 94.2 cm³/mol. The number of amides is 1. The van der Waals surface area contributed by atoms with E-state index in [9.17, 15) is 9.18 Å². The zero-order valence-corrected chi connectivity index (χ0v) is 15.4. The maximum absolute atomic E-state index is 13.8. The average Bonchev–Trinajstić information content (AvgIpc) is 3.06. The average molecular weight is 374 g/mol. The third-order valence-electron chi connectivity index (χ3n) is 5.48. The topological polar surface area (TPSA) is 69.5 Å². The first-order chi connectivity index (χ1) is 13.1. The van der Waals surface area contributed by atoms with Gasteiger partial charge in [0.1, 0.15) is 11.5 Å². The number of carbonyl (C=O) groups is 1. The van der Waals surface area contributed by atoms with Crippen LogP contribution in [0.1, 0.15) is 29.8 Å². The monoisotopic (exact) mass is 374 g/mol. The fourth-order valence-corrected chi connectivity index (χ4v) is 3.83. The number of aromatic nitrogens is 3. The molecule has 1 aromatic carbocycles. The first kappa shape index (κ1) is 18.1. The molecule has 144 valence electrons. The summed E-state index contributed by atoms with van der Waals surface area (Å²) in [6.07, 6.45) is 1.55. The Hall–Kier alpha value is -2.32. The molecule has 1 fully saturated rings. The summed E-state index contributed by atoms with van der Waals surface area (Å²) in [5.74, 6) is -0.380. The lowest BCUT2D eigenvalue weighted by Gasteiger charge is -2.43. The molecule has 2 aromatic rings. The highest BCUT2D eigenvalue weighted by Crippen LogP contribution is 2.33. The number of ether oxygens (including phenoxy) is 2. The van der Waals surface area contributed by atoms with E-state index in [0.717, 1.165) is 24.2 Å². The number of piperidine rings is 1. The van der Waals surface area contributed by atoms with E-state index >= 15 is 0 Å². The number of fused-ring (bicyclic) bond motifs is 1. The third-order valence-corrected chi connectivity index (χ3v) is 5.48.